The summed E-state index contributed by atoms with van der Waals surface area (Å²) in [6, 6.07) is 13.2. The fraction of sp³-hybridized carbons (Fsp3) is 0.407. The van der Waals surface area contributed by atoms with Gasteiger partial charge in [0.2, 0.25) is 5.88 Å². The van der Waals surface area contributed by atoms with Crippen LogP contribution in [-0.4, -0.2) is 66.5 Å². The zero-order chi connectivity index (χ0) is 25.9. The average Bonchev–Trinajstić information content (AvgIpc) is 3.30. The van der Waals surface area contributed by atoms with E-state index in [1.807, 2.05) is 43.3 Å². The van der Waals surface area contributed by atoms with Gasteiger partial charge in [0.25, 0.3) is 0 Å². The Hall–Kier alpha value is -3.95. The summed E-state index contributed by atoms with van der Waals surface area (Å²) in [4.78, 5) is 32.8. The molecule has 1 fully saturated rings. The van der Waals surface area contributed by atoms with E-state index in [1.165, 1.54) is 13.4 Å². The molecule has 194 valence electrons. The number of hydrogen-bond acceptors (Lipinski definition) is 7. The molecule has 2 atom stereocenters. The predicted octanol–water partition coefficient (Wildman–Crippen LogP) is 4.75. The van der Waals surface area contributed by atoms with Crippen LogP contribution in [0, 0.1) is 0 Å². The van der Waals surface area contributed by atoms with Crippen LogP contribution >= 0.6 is 0 Å². The van der Waals surface area contributed by atoms with E-state index in [0.717, 1.165) is 42.1 Å². The standard InChI is InChI=1S/C27H32FN7O2/c1-4-33-12-10-18(2)35(27(36)32-24-15-25(37-3)30-17-29-24)26-23(33)9-8-22(31-26)19-6-5-7-21(14-19)34-13-11-20(28)16-34/h5-9,14-15,17-18,20H,4,10-13,16H2,1-3H3,(H,29,30,32,36)/t18-,20+/m1/s1. The lowest BCUT2D eigenvalue weighted by Crippen LogP contribution is -2.42. The van der Waals surface area contributed by atoms with Crippen molar-refractivity contribution in [2.75, 3.05) is 53.3 Å². The zero-order valence-electron chi connectivity index (χ0n) is 21.4. The first kappa shape index (κ1) is 24.7. The number of amides is 2. The van der Waals surface area contributed by atoms with E-state index in [9.17, 15) is 9.18 Å². The maximum Gasteiger partial charge on any atom is 0.328 e. The minimum absolute atomic E-state index is 0.0980. The number of carbonyl (C=O) groups is 1. The molecule has 2 aromatic heterocycles. The van der Waals surface area contributed by atoms with Crippen molar-refractivity contribution >= 4 is 29.0 Å². The number of fused-ring (bicyclic) bond motifs is 1. The number of ether oxygens (including phenoxy) is 1. The predicted molar refractivity (Wildman–Crippen MR) is 143 cm³/mol. The Morgan fingerprint density at radius 2 is 2.03 bits per heavy atom. The summed E-state index contributed by atoms with van der Waals surface area (Å²) in [6.07, 6.45) is 1.89. The summed E-state index contributed by atoms with van der Waals surface area (Å²) >= 11 is 0. The highest BCUT2D eigenvalue weighted by Crippen LogP contribution is 2.36. The summed E-state index contributed by atoms with van der Waals surface area (Å²) in [5.74, 6) is 1.31. The molecule has 2 aliphatic rings. The molecular weight excluding hydrogens is 473 g/mol. The maximum absolute atomic E-state index is 13.8. The molecule has 0 aliphatic carbocycles. The number of pyridine rings is 1. The second-order valence-corrected chi connectivity index (χ2v) is 9.38. The van der Waals surface area contributed by atoms with E-state index in [-0.39, 0.29) is 12.1 Å². The fourth-order valence-electron chi connectivity index (χ4n) is 4.96. The number of benzene rings is 1. The Morgan fingerprint density at radius 1 is 1.16 bits per heavy atom. The molecule has 1 aromatic carbocycles. The number of methoxy groups -OCH3 is 1. The van der Waals surface area contributed by atoms with E-state index >= 15 is 0 Å². The molecule has 0 spiro atoms. The molecule has 1 N–H and O–H groups in total. The molecule has 0 radical (unpaired) electrons. The van der Waals surface area contributed by atoms with Crippen LogP contribution in [-0.2, 0) is 0 Å². The molecule has 4 heterocycles. The van der Waals surface area contributed by atoms with Crippen molar-refractivity contribution < 1.29 is 13.9 Å². The number of halogens is 1. The highest BCUT2D eigenvalue weighted by Gasteiger charge is 2.31. The SMILES string of the molecule is CCN1CC[C@@H](C)N(C(=O)Nc2cc(OC)ncn2)c2nc(-c3cccc(N4CC[C@H](F)C4)c3)ccc21. The molecule has 2 aliphatic heterocycles. The number of urea groups is 1. The molecule has 2 amide bonds. The van der Waals surface area contributed by atoms with Gasteiger partial charge in [0.15, 0.2) is 5.82 Å². The highest BCUT2D eigenvalue weighted by molar-refractivity contribution is 6.03. The molecule has 10 heteroatoms. The molecule has 0 unspecified atom stereocenters. The van der Waals surface area contributed by atoms with Crippen LogP contribution < -0.4 is 24.8 Å². The second-order valence-electron chi connectivity index (χ2n) is 9.38. The van der Waals surface area contributed by atoms with Crippen LogP contribution in [0.1, 0.15) is 26.7 Å². The van der Waals surface area contributed by atoms with E-state index in [0.29, 0.717) is 37.0 Å². The van der Waals surface area contributed by atoms with Gasteiger partial charge in [0, 0.05) is 49.5 Å². The highest BCUT2D eigenvalue weighted by atomic mass is 19.1. The van der Waals surface area contributed by atoms with Crippen molar-refractivity contribution in [2.45, 2.75) is 38.9 Å². The Bertz CT molecular complexity index is 1270. The largest absolute Gasteiger partial charge is 0.481 e. The summed E-state index contributed by atoms with van der Waals surface area (Å²) in [5.41, 5.74) is 3.55. The molecule has 1 saturated heterocycles. The van der Waals surface area contributed by atoms with Crippen molar-refractivity contribution in [2.24, 2.45) is 0 Å². The first-order chi connectivity index (χ1) is 18.0. The molecule has 0 bridgehead atoms. The van der Waals surface area contributed by atoms with Gasteiger partial charge in [-0.1, -0.05) is 12.1 Å². The quantitative estimate of drug-likeness (QED) is 0.535. The molecular formula is C27H32FN7O2. The molecule has 3 aromatic rings. The Labute approximate surface area is 216 Å². The van der Waals surface area contributed by atoms with Crippen molar-refractivity contribution in [3.63, 3.8) is 0 Å². The Balaban J connectivity index is 1.51. The van der Waals surface area contributed by atoms with E-state index in [2.05, 4.69) is 32.0 Å². The smallest absolute Gasteiger partial charge is 0.328 e. The summed E-state index contributed by atoms with van der Waals surface area (Å²) < 4.78 is 19.0. The summed E-state index contributed by atoms with van der Waals surface area (Å²) in [6.45, 7) is 6.85. The van der Waals surface area contributed by atoms with Crippen LogP contribution in [0.3, 0.4) is 0 Å². The number of hydrogen-bond donors (Lipinski definition) is 1. The van der Waals surface area contributed by atoms with Crippen LogP contribution in [0.25, 0.3) is 11.3 Å². The van der Waals surface area contributed by atoms with E-state index in [4.69, 9.17) is 9.72 Å². The van der Waals surface area contributed by atoms with Crippen LogP contribution in [0.5, 0.6) is 5.88 Å². The molecule has 5 rings (SSSR count). The van der Waals surface area contributed by atoms with Crippen LogP contribution in [0.4, 0.5) is 32.2 Å². The first-order valence-corrected chi connectivity index (χ1v) is 12.7. The molecule has 9 nitrogen and oxygen atoms in total. The normalized spacial score (nSPS) is 19.4. The van der Waals surface area contributed by atoms with Crippen molar-refractivity contribution in [1.29, 1.82) is 0 Å². The lowest BCUT2D eigenvalue weighted by molar-refractivity contribution is 0.255. The molecule has 37 heavy (non-hydrogen) atoms. The number of carbonyl (C=O) groups excluding carboxylic acids is 1. The number of rotatable bonds is 5. The third-order valence-electron chi connectivity index (χ3n) is 7.01. The maximum atomic E-state index is 13.8. The van der Waals surface area contributed by atoms with Gasteiger partial charge in [-0.05, 0) is 51.0 Å². The minimum Gasteiger partial charge on any atom is -0.481 e. The monoisotopic (exact) mass is 505 g/mol. The minimum atomic E-state index is -0.794. The third-order valence-corrected chi connectivity index (χ3v) is 7.01. The van der Waals surface area contributed by atoms with Gasteiger partial charge in [-0.25, -0.2) is 24.1 Å². The van der Waals surface area contributed by atoms with Crippen molar-refractivity contribution in [1.82, 2.24) is 15.0 Å². The third kappa shape index (κ3) is 5.14. The summed E-state index contributed by atoms with van der Waals surface area (Å²) in [5, 5.41) is 2.88. The average molecular weight is 506 g/mol. The lowest BCUT2D eigenvalue weighted by Gasteiger charge is -2.28. The molecule has 0 saturated carbocycles. The van der Waals surface area contributed by atoms with Crippen molar-refractivity contribution in [3.8, 4) is 17.1 Å². The van der Waals surface area contributed by atoms with Gasteiger partial charge >= 0.3 is 6.03 Å². The van der Waals surface area contributed by atoms with Crippen LogP contribution in [0.15, 0.2) is 48.8 Å². The van der Waals surface area contributed by atoms with E-state index in [1.54, 1.807) is 11.0 Å². The van der Waals surface area contributed by atoms with E-state index < -0.39 is 6.17 Å². The number of alkyl halides is 1. The van der Waals surface area contributed by atoms with Gasteiger partial charge < -0.3 is 14.5 Å². The Morgan fingerprint density at radius 3 is 2.78 bits per heavy atom. The van der Waals surface area contributed by atoms with Crippen molar-refractivity contribution in [3.05, 3.63) is 48.8 Å². The lowest BCUT2D eigenvalue weighted by atomic mass is 10.1. The first-order valence-electron chi connectivity index (χ1n) is 12.7. The van der Waals surface area contributed by atoms with Gasteiger partial charge in [-0.15, -0.1) is 0 Å². The van der Waals surface area contributed by atoms with Gasteiger partial charge in [-0.3, -0.25) is 10.2 Å². The number of anilines is 4. The number of nitrogens with zero attached hydrogens (tertiary/aromatic N) is 6. The topological polar surface area (TPSA) is 86.7 Å². The zero-order valence-corrected chi connectivity index (χ0v) is 21.4. The Kier molecular flexibility index (Phi) is 7.07. The number of aromatic nitrogens is 3. The fourth-order valence-corrected chi connectivity index (χ4v) is 4.96. The van der Waals surface area contributed by atoms with Crippen LogP contribution in [0.2, 0.25) is 0 Å². The van der Waals surface area contributed by atoms with Gasteiger partial charge in [0.05, 0.1) is 18.5 Å². The van der Waals surface area contributed by atoms with Gasteiger partial charge in [-0.2, -0.15) is 0 Å². The number of nitrogens with one attached hydrogen (secondary N) is 1. The summed E-state index contributed by atoms with van der Waals surface area (Å²) in [7, 11) is 1.51. The second kappa shape index (κ2) is 10.6. The van der Waals surface area contributed by atoms with Gasteiger partial charge in [0.1, 0.15) is 18.3 Å².